The molecule has 2 fully saturated rings. The fourth-order valence-electron chi connectivity index (χ4n) is 3.58. The van der Waals surface area contributed by atoms with Gasteiger partial charge >= 0.3 is 18.2 Å². The number of nitrogens with zero attached hydrogens (tertiary/aromatic N) is 5. The molecule has 1 aromatic heterocycles. The van der Waals surface area contributed by atoms with Crippen molar-refractivity contribution in [1.82, 2.24) is 30.8 Å². The average Bonchev–Trinajstić information content (AvgIpc) is 3.25. The first-order chi connectivity index (χ1) is 16.2. The van der Waals surface area contributed by atoms with E-state index < -0.39 is 29.4 Å². The van der Waals surface area contributed by atoms with E-state index in [9.17, 15) is 19.6 Å². The second-order valence-electron chi connectivity index (χ2n) is 10.3. The molecule has 0 spiro atoms. The number of urea groups is 1. The van der Waals surface area contributed by atoms with Crippen LogP contribution in [-0.4, -0.2) is 79.9 Å². The van der Waals surface area contributed by atoms with Gasteiger partial charge in [-0.3, -0.25) is 20.8 Å². The van der Waals surface area contributed by atoms with Crippen molar-refractivity contribution in [3.63, 3.8) is 0 Å². The number of alkyl carbamates (subject to hydrolysis) is 2. The highest BCUT2D eigenvalue weighted by Gasteiger charge is 2.45. The van der Waals surface area contributed by atoms with Crippen molar-refractivity contribution in [1.29, 1.82) is 0 Å². The van der Waals surface area contributed by atoms with Crippen LogP contribution in [0, 0.1) is 0 Å². The third kappa shape index (κ3) is 7.49. The molecule has 0 radical (unpaired) electrons. The Labute approximate surface area is 207 Å². The lowest BCUT2D eigenvalue weighted by molar-refractivity contribution is -0.0584. The maximum Gasteiger partial charge on any atom is 0.414 e. The van der Waals surface area contributed by atoms with Crippen LogP contribution in [0.4, 0.5) is 14.4 Å². The molecule has 3 rings (SSSR count). The first kappa shape index (κ1) is 26.6. The molecule has 1 aromatic rings. The minimum Gasteiger partial charge on any atom is -0.444 e. The van der Waals surface area contributed by atoms with Crippen molar-refractivity contribution in [2.24, 2.45) is 4.99 Å². The van der Waals surface area contributed by atoms with Gasteiger partial charge < -0.3 is 14.4 Å². The summed E-state index contributed by atoms with van der Waals surface area (Å²) in [5.41, 5.74) is -1.46. The number of guanidine groups is 1. The summed E-state index contributed by atoms with van der Waals surface area (Å²) in [7, 11) is 0. The average molecular weight is 512 g/mol. The zero-order valence-electron chi connectivity index (χ0n) is 20.8. The Morgan fingerprint density at radius 3 is 2.26 bits per heavy atom. The molecule has 0 saturated carbocycles. The topological polar surface area (TPSA) is 159 Å². The zero-order valence-corrected chi connectivity index (χ0v) is 21.6. The highest BCUT2D eigenvalue weighted by molar-refractivity contribution is 7.11. The number of hydroxylamine groups is 2. The Morgan fingerprint density at radius 2 is 1.69 bits per heavy atom. The van der Waals surface area contributed by atoms with Crippen LogP contribution in [0.5, 0.6) is 0 Å². The van der Waals surface area contributed by atoms with E-state index in [1.54, 1.807) is 46.4 Å². The lowest BCUT2D eigenvalue weighted by Gasteiger charge is -2.28. The van der Waals surface area contributed by atoms with Crippen molar-refractivity contribution in [3.05, 3.63) is 10.0 Å². The van der Waals surface area contributed by atoms with E-state index in [2.05, 4.69) is 25.8 Å². The molecule has 0 aromatic carbocycles. The summed E-state index contributed by atoms with van der Waals surface area (Å²) in [6.45, 7) is 11.0. The van der Waals surface area contributed by atoms with Crippen molar-refractivity contribution in [2.75, 3.05) is 13.1 Å². The fourth-order valence-corrected chi connectivity index (χ4v) is 4.56. The molecule has 194 valence electrons. The number of aromatic nitrogens is 2. The van der Waals surface area contributed by atoms with Crippen LogP contribution in [0.2, 0.25) is 0 Å². The van der Waals surface area contributed by atoms with E-state index in [1.807, 2.05) is 0 Å². The SMILES string of the molecule is CC(C)(C)OC(=O)NC(=NCCc1nnc(C2CCC3CN2C(=O)N3O)s1)NC(=O)OC(C)(C)C. The van der Waals surface area contributed by atoms with E-state index >= 15 is 0 Å². The van der Waals surface area contributed by atoms with Crippen molar-refractivity contribution in [2.45, 2.75) is 84.1 Å². The predicted octanol–water partition coefficient (Wildman–Crippen LogP) is 2.82. The molecule has 3 heterocycles. The number of piperidine rings is 1. The Balaban J connectivity index is 1.63. The number of amides is 4. The molecule has 14 heteroatoms. The van der Waals surface area contributed by atoms with Gasteiger partial charge in [-0.2, -0.15) is 0 Å². The van der Waals surface area contributed by atoms with Gasteiger partial charge in [-0.25, -0.2) is 19.4 Å². The number of ether oxygens (including phenoxy) is 2. The number of rotatable bonds is 4. The molecule has 3 N–H and O–H groups in total. The normalized spacial score (nSPS) is 19.9. The van der Waals surface area contributed by atoms with E-state index in [1.165, 1.54) is 11.3 Å². The summed E-state index contributed by atoms with van der Waals surface area (Å²) < 4.78 is 10.5. The summed E-state index contributed by atoms with van der Waals surface area (Å²) in [5.74, 6) is -0.109. The molecule has 2 aliphatic heterocycles. The molecule has 2 bridgehead atoms. The second kappa shape index (κ2) is 10.3. The molecule has 13 nitrogen and oxygen atoms in total. The molecule has 35 heavy (non-hydrogen) atoms. The van der Waals surface area contributed by atoms with Gasteiger partial charge in [0.25, 0.3) is 0 Å². The third-order valence-electron chi connectivity index (χ3n) is 4.95. The fraction of sp³-hybridized carbons (Fsp3) is 0.714. The van der Waals surface area contributed by atoms with Crippen molar-refractivity contribution in [3.8, 4) is 0 Å². The number of aliphatic imine (C=N–C) groups is 1. The quantitative estimate of drug-likeness (QED) is 0.316. The third-order valence-corrected chi connectivity index (χ3v) is 6.03. The van der Waals surface area contributed by atoms with Gasteiger partial charge in [0.1, 0.15) is 21.2 Å². The number of hydrogen-bond donors (Lipinski definition) is 3. The summed E-state index contributed by atoms with van der Waals surface area (Å²) in [6, 6.07) is -0.803. The smallest absolute Gasteiger partial charge is 0.414 e. The van der Waals surface area contributed by atoms with Crippen LogP contribution in [-0.2, 0) is 15.9 Å². The number of carbonyl (C=O) groups excluding carboxylic acids is 3. The van der Waals surface area contributed by atoms with E-state index in [-0.39, 0.29) is 24.6 Å². The monoisotopic (exact) mass is 511 g/mol. The van der Waals surface area contributed by atoms with Crippen LogP contribution in [0.15, 0.2) is 4.99 Å². The van der Waals surface area contributed by atoms with Crippen molar-refractivity contribution < 1.29 is 29.1 Å². The van der Waals surface area contributed by atoms with Crippen LogP contribution in [0.25, 0.3) is 0 Å². The molecule has 2 unspecified atom stereocenters. The molecule has 2 atom stereocenters. The van der Waals surface area contributed by atoms with Gasteiger partial charge in [0.2, 0.25) is 5.96 Å². The number of hydrogen-bond acceptors (Lipinski definition) is 10. The van der Waals surface area contributed by atoms with Gasteiger partial charge in [0.15, 0.2) is 0 Å². The standard InChI is InChI=1S/C21H33N7O6S/c1-20(2,3)33-17(29)23-16(24-18(30)34-21(4,5)6)22-10-9-14-25-26-15(35-14)13-8-7-12-11-27(13)19(31)28(12)32/h12-13,32H,7-11H2,1-6H3,(H2,22,23,24,29,30). The predicted molar refractivity (Wildman–Crippen MR) is 126 cm³/mol. The van der Waals surface area contributed by atoms with Gasteiger partial charge in [-0.15, -0.1) is 10.2 Å². The number of fused-ring (bicyclic) bond motifs is 2. The molecule has 4 amide bonds. The van der Waals surface area contributed by atoms with Gasteiger partial charge in [-0.1, -0.05) is 11.3 Å². The second-order valence-corrected chi connectivity index (χ2v) is 11.4. The largest absolute Gasteiger partial charge is 0.444 e. The maximum atomic E-state index is 12.2. The molecular formula is C21H33N7O6S. The number of nitrogens with one attached hydrogen (secondary N) is 2. The maximum absolute atomic E-state index is 12.2. The summed E-state index contributed by atoms with van der Waals surface area (Å²) in [4.78, 5) is 42.5. The Morgan fingerprint density at radius 1 is 1.09 bits per heavy atom. The lowest BCUT2D eigenvalue weighted by atomic mass is 10.0. The van der Waals surface area contributed by atoms with Gasteiger partial charge in [0, 0.05) is 19.5 Å². The molecular weight excluding hydrogens is 478 g/mol. The highest BCUT2D eigenvalue weighted by atomic mass is 32.1. The Bertz CT molecular complexity index is 952. The van der Waals surface area contributed by atoms with Crippen LogP contribution in [0.3, 0.4) is 0 Å². The summed E-state index contributed by atoms with van der Waals surface area (Å²) in [6.07, 6.45) is 0.245. The highest BCUT2D eigenvalue weighted by Crippen LogP contribution is 2.38. The van der Waals surface area contributed by atoms with Gasteiger partial charge in [0.05, 0.1) is 12.1 Å². The summed E-state index contributed by atoms with van der Waals surface area (Å²) in [5, 5.41) is 25.4. The molecule has 0 aliphatic carbocycles. The van der Waals surface area contributed by atoms with Gasteiger partial charge in [-0.05, 0) is 54.4 Å². The van der Waals surface area contributed by atoms with E-state index in [0.29, 0.717) is 35.8 Å². The Kier molecular flexibility index (Phi) is 7.84. The van der Waals surface area contributed by atoms with Crippen LogP contribution in [0.1, 0.15) is 70.4 Å². The van der Waals surface area contributed by atoms with Crippen LogP contribution < -0.4 is 10.6 Å². The van der Waals surface area contributed by atoms with Crippen LogP contribution >= 0.6 is 11.3 Å². The first-order valence-electron chi connectivity index (χ1n) is 11.4. The van der Waals surface area contributed by atoms with Crippen molar-refractivity contribution >= 4 is 35.5 Å². The van der Waals surface area contributed by atoms with E-state index in [0.717, 1.165) is 5.06 Å². The van der Waals surface area contributed by atoms with E-state index in [4.69, 9.17) is 9.47 Å². The lowest BCUT2D eigenvalue weighted by Crippen LogP contribution is -2.47. The Hall–Kier alpha value is -3.00. The molecule has 2 aliphatic rings. The minimum atomic E-state index is -0.769. The molecule has 2 saturated heterocycles. The minimum absolute atomic E-state index is 0.109. The number of carbonyl (C=O) groups is 3. The first-order valence-corrected chi connectivity index (χ1v) is 12.2. The summed E-state index contributed by atoms with van der Waals surface area (Å²) >= 11 is 1.37. The zero-order chi connectivity index (χ0) is 26.0.